The van der Waals surface area contributed by atoms with E-state index in [0.717, 1.165) is 44.3 Å². The van der Waals surface area contributed by atoms with Gasteiger partial charge in [-0.05, 0) is 56.4 Å². The molecule has 30 heavy (non-hydrogen) atoms. The molecular formula is C24H27N3O3. The smallest absolute Gasteiger partial charge is 0.252 e. The Balaban J connectivity index is 1.39. The largest absolute Gasteiger partial charge is 0.441 e. The number of piperidine rings is 1. The zero-order chi connectivity index (χ0) is 20.9. The van der Waals surface area contributed by atoms with Gasteiger partial charge in [-0.2, -0.15) is 0 Å². The second kappa shape index (κ2) is 9.11. The Labute approximate surface area is 176 Å². The summed E-state index contributed by atoms with van der Waals surface area (Å²) in [5.41, 5.74) is 3.01. The van der Waals surface area contributed by atoms with Gasteiger partial charge in [0, 0.05) is 25.1 Å². The topological polar surface area (TPSA) is 75.4 Å². The molecule has 4 rings (SSSR count). The Hall–Kier alpha value is -3.15. The lowest BCUT2D eigenvalue weighted by molar-refractivity contribution is -0.133. The molecule has 6 heteroatoms. The van der Waals surface area contributed by atoms with E-state index in [1.54, 1.807) is 25.1 Å². The van der Waals surface area contributed by atoms with Gasteiger partial charge in [0.1, 0.15) is 11.6 Å². The van der Waals surface area contributed by atoms with Crippen LogP contribution >= 0.6 is 0 Å². The summed E-state index contributed by atoms with van der Waals surface area (Å²) in [5.74, 6) is 0.351. The number of nitrogens with one attached hydrogen (secondary N) is 1. The lowest BCUT2D eigenvalue weighted by atomic mass is 10.1. The van der Waals surface area contributed by atoms with Crippen LogP contribution in [0.25, 0.3) is 11.1 Å². The molecule has 1 aliphatic rings. The van der Waals surface area contributed by atoms with Gasteiger partial charge in [-0.1, -0.05) is 30.3 Å². The summed E-state index contributed by atoms with van der Waals surface area (Å²) in [5, 5.41) is 2.82. The van der Waals surface area contributed by atoms with E-state index in [1.165, 1.54) is 5.56 Å². The number of hydrogen-bond acceptors (Lipinski definition) is 4. The molecule has 1 fully saturated rings. The quantitative estimate of drug-likeness (QED) is 0.678. The molecule has 1 saturated heterocycles. The minimum atomic E-state index is -0.553. The fourth-order valence-electron chi connectivity index (χ4n) is 3.85. The fourth-order valence-corrected chi connectivity index (χ4v) is 3.85. The van der Waals surface area contributed by atoms with Gasteiger partial charge >= 0.3 is 0 Å². The predicted molar refractivity (Wildman–Crippen MR) is 115 cm³/mol. The number of benzene rings is 2. The third kappa shape index (κ3) is 4.70. The van der Waals surface area contributed by atoms with E-state index < -0.39 is 6.04 Å². The van der Waals surface area contributed by atoms with E-state index in [4.69, 9.17) is 4.42 Å². The van der Waals surface area contributed by atoms with Gasteiger partial charge in [0.2, 0.25) is 5.91 Å². The number of aromatic nitrogens is 1. The first-order valence-electron chi connectivity index (χ1n) is 10.6. The van der Waals surface area contributed by atoms with Crippen molar-refractivity contribution < 1.29 is 14.0 Å². The van der Waals surface area contributed by atoms with Gasteiger partial charge in [-0.3, -0.25) is 9.59 Å². The molecular weight excluding hydrogens is 378 g/mol. The van der Waals surface area contributed by atoms with Crippen molar-refractivity contribution in [3.63, 3.8) is 0 Å². The molecule has 0 saturated carbocycles. The molecule has 1 aliphatic heterocycles. The van der Waals surface area contributed by atoms with Gasteiger partial charge in [-0.15, -0.1) is 0 Å². The molecule has 0 unspecified atom stereocenters. The number of amides is 2. The molecule has 0 aliphatic carbocycles. The Bertz CT molecular complexity index is 1020. The number of likely N-dealkylation sites (tertiary alicyclic amines) is 1. The fraction of sp³-hybridized carbons (Fsp3) is 0.375. The SMILES string of the molecule is C[C@@H](NC(=O)c1ccc2nc(CCc3ccccc3)oc2c1)C(=O)N1CCCCC1. The monoisotopic (exact) mass is 405 g/mol. The van der Waals surface area contributed by atoms with E-state index in [9.17, 15) is 9.59 Å². The number of hydrogen-bond donors (Lipinski definition) is 1. The minimum Gasteiger partial charge on any atom is -0.441 e. The molecule has 1 atom stereocenters. The van der Waals surface area contributed by atoms with Gasteiger partial charge in [0.25, 0.3) is 5.91 Å². The molecule has 0 bridgehead atoms. The maximum atomic E-state index is 12.7. The van der Waals surface area contributed by atoms with Crippen LogP contribution in [0.5, 0.6) is 0 Å². The normalized spacial score (nSPS) is 15.2. The second-order valence-corrected chi connectivity index (χ2v) is 7.86. The number of carbonyl (C=O) groups excluding carboxylic acids is 2. The highest BCUT2D eigenvalue weighted by Crippen LogP contribution is 2.19. The zero-order valence-corrected chi connectivity index (χ0v) is 17.3. The molecule has 0 radical (unpaired) electrons. The third-order valence-corrected chi connectivity index (χ3v) is 5.55. The molecule has 2 amide bonds. The van der Waals surface area contributed by atoms with E-state index in [1.807, 2.05) is 23.1 Å². The van der Waals surface area contributed by atoms with Crippen LogP contribution in [0.15, 0.2) is 52.9 Å². The van der Waals surface area contributed by atoms with Crippen LogP contribution in [0.4, 0.5) is 0 Å². The first-order valence-corrected chi connectivity index (χ1v) is 10.6. The highest BCUT2D eigenvalue weighted by Gasteiger charge is 2.24. The lowest BCUT2D eigenvalue weighted by Crippen LogP contribution is -2.48. The summed E-state index contributed by atoms with van der Waals surface area (Å²) in [7, 11) is 0. The summed E-state index contributed by atoms with van der Waals surface area (Å²) < 4.78 is 5.86. The van der Waals surface area contributed by atoms with Gasteiger partial charge < -0.3 is 14.6 Å². The van der Waals surface area contributed by atoms with E-state index in [2.05, 4.69) is 22.4 Å². The maximum Gasteiger partial charge on any atom is 0.252 e. The molecule has 1 N–H and O–H groups in total. The van der Waals surface area contributed by atoms with Crippen LogP contribution in [0, 0.1) is 0 Å². The molecule has 3 aromatic rings. The van der Waals surface area contributed by atoms with Gasteiger partial charge in [0.15, 0.2) is 11.5 Å². The summed E-state index contributed by atoms with van der Waals surface area (Å²) in [4.78, 5) is 31.6. The lowest BCUT2D eigenvalue weighted by Gasteiger charge is -2.29. The molecule has 2 aromatic carbocycles. The number of carbonyl (C=O) groups is 2. The Morgan fingerprint density at radius 1 is 1.07 bits per heavy atom. The predicted octanol–water partition coefficient (Wildman–Crippen LogP) is 3.74. The number of fused-ring (bicyclic) bond motifs is 1. The highest BCUT2D eigenvalue weighted by atomic mass is 16.3. The van der Waals surface area contributed by atoms with E-state index in [0.29, 0.717) is 23.5 Å². The van der Waals surface area contributed by atoms with Crippen LogP contribution < -0.4 is 5.32 Å². The van der Waals surface area contributed by atoms with Crippen molar-refractivity contribution in [2.24, 2.45) is 0 Å². The molecule has 156 valence electrons. The zero-order valence-electron chi connectivity index (χ0n) is 17.3. The number of nitrogens with zero attached hydrogens (tertiary/aromatic N) is 2. The Morgan fingerprint density at radius 2 is 1.83 bits per heavy atom. The van der Waals surface area contributed by atoms with Crippen molar-refractivity contribution in [2.75, 3.05) is 13.1 Å². The van der Waals surface area contributed by atoms with Crippen LogP contribution in [0.1, 0.15) is 48.0 Å². The third-order valence-electron chi connectivity index (χ3n) is 5.55. The van der Waals surface area contributed by atoms with Crippen LogP contribution in [0.2, 0.25) is 0 Å². The molecule has 2 heterocycles. The summed E-state index contributed by atoms with van der Waals surface area (Å²) >= 11 is 0. The van der Waals surface area contributed by atoms with Crippen LogP contribution in [-0.2, 0) is 17.6 Å². The summed E-state index contributed by atoms with van der Waals surface area (Å²) in [6.45, 7) is 3.28. The van der Waals surface area contributed by atoms with Crippen molar-refractivity contribution in [2.45, 2.75) is 45.1 Å². The van der Waals surface area contributed by atoms with E-state index in [-0.39, 0.29) is 11.8 Å². The standard InChI is InChI=1S/C24H27N3O3/c1-17(24(29)27-14-6-3-7-15-27)25-23(28)19-11-12-20-21(16-19)30-22(26-20)13-10-18-8-4-2-5-9-18/h2,4-5,8-9,11-12,16-17H,3,6-7,10,13-15H2,1H3,(H,25,28)/t17-/m1/s1. The average molecular weight is 405 g/mol. The maximum absolute atomic E-state index is 12.7. The summed E-state index contributed by atoms with van der Waals surface area (Å²) in [6.07, 6.45) is 4.76. The number of rotatable bonds is 6. The van der Waals surface area contributed by atoms with Crippen molar-refractivity contribution >= 4 is 22.9 Å². The van der Waals surface area contributed by atoms with Crippen molar-refractivity contribution in [3.05, 3.63) is 65.5 Å². The van der Waals surface area contributed by atoms with Gasteiger partial charge in [0.05, 0.1) is 0 Å². The highest BCUT2D eigenvalue weighted by molar-refractivity contribution is 5.99. The molecule has 0 spiro atoms. The minimum absolute atomic E-state index is 0.0213. The summed E-state index contributed by atoms with van der Waals surface area (Å²) in [6, 6.07) is 14.8. The first kappa shape index (κ1) is 20.1. The molecule has 6 nitrogen and oxygen atoms in total. The first-order chi connectivity index (χ1) is 14.6. The van der Waals surface area contributed by atoms with Crippen molar-refractivity contribution in [1.29, 1.82) is 0 Å². The van der Waals surface area contributed by atoms with E-state index >= 15 is 0 Å². The van der Waals surface area contributed by atoms with Crippen LogP contribution in [0.3, 0.4) is 0 Å². The number of oxazole rings is 1. The Morgan fingerprint density at radius 3 is 2.60 bits per heavy atom. The number of aryl methyl sites for hydroxylation is 2. The van der Waals surface area contributed by atoms with Crippen LogP contribution in [-0.4, -0.2) is 40.8 Å². The van der Waals surface area contributed by atoms with Crippen molar-refractivity contribution in [3.8, 4) is 0 Å². The Kier molecular flexibility index (Phi) is 6.12. The average Bonchev–Trinajstić information content (AvgIpc) is 3.20. The van der Waals surface area contributed by atoms with Gasteiger partial charge in [-0.25, -0.2) is 4.98 Å². The van der Waals surface area contributed by atoms with Crippen molar-refractivity contribution in [1.82, 2.24) is 15.2 Å². The second-order valence-electron chi connectivity index (χ2n) is 7.86. The molecule has 1 aromatic heterocycles.